The Morgan fingerprint density at radius 1 is 1.41 bits per heavy atom. The molecule has 94 valence electrons. The molecule has 2 rings (SSSR count). The summed E-state index contributed by atoms with van der Waals surface area (Å²) in [6.45, 7) is 4.52. The third kappa shape index (κ3) is 2.14. The predicted octanol–water partition coefficient (Wildman–Crippen LogP) is 1.65. The maximum Gasteiger partial charge on any atom is 0.245 e. The first-order valence-electron chi connectivity index (χ1n) is 5.48. The van der Waals surface area contributed by atoms with Crippen LogP contribution in [0.5, 0.6) is 0 Å². The Labute approximate surface area is 100 Å². The van der Waals surface area contributed by atoms with Gasteiger partial charge in [0.05, 0.1) is 5.69 Å². The zero-order valence-corrected chi connectivity index (χ0v) is 10.6. The average Bonchev–Trinajstić information content (AvgIpc) is 2.36. The Morgan fingerprint density at radius 3 is 2.76 bits per heavy atom. The Hall–Kier alpha value is -1.14. The summed E-state index contributed by atoms with van der Waals surface area (Å²) in [7, 11) is -3.61. The number of nitrogens with one attached hydrogen (secondary N) is 1. The molecule has 0 saturated carbocycles. The summed E-state index contributed by atoms with van der Waals surface area (Å²) in [4.78, 5) is 0.0173. The van der Waals surface area contributed by atoms with E-state index in [1.54, 1.807) is 0 Å². The summed E-state index contributed by atoms with van der Waals surface area (Å²) in [5, 5.41) is 3.01. The van der Waals surface area contributed by atoms with E-state index in [2.05, 4.69) is 5.32 Å². The van der Waals surface area contributed by atoms with E-state index in [9.17, 15) is 12.8 Å². The van der Waals surface area contributed by atoms with Crippen LogP contribution in [0.25, 0.3) is 0 Å². The fourth-order valence-electron chi connectivity index (χ4n) is 1.94. The van der Waals surface area contributed by atoms with Gasteiger partial charge in [-0.05, 0) is 32.0 Å². The highest BCUT2D eigenvalue weighted by molar-refractivity contribution is 7.89. The van der Waals surface area contributed by atoms with E-state index in [0.29, 0.717) is 18.8 Å². The number of sulfonamides is 1. The van der Waals surface area contributed by atoms with Crippen molar-refractivity contribution >= 4 is 15.7 Å². The lowest BCUT2D eigenvalue weighted by molar-refractivity contribution is 0.367. The second-order valence-electron chi connectivity index (χ2n) is 4.28. The van der Waals surface area contributed by atoms with Gasteiger partial charge in [0.15, 0.2) is 0 Å². The lowest BCUT2D eigenvalue weighted by Gasteiger charge is -2.23. The number of halogens is 1. The third-order valence-electron chi connectivity index (χ3n) is 2.75. The maximum absolute atomic E-state index is 13.2. The number of hydrogen-bond donors (Lipinski definition) is 1. The molecule has 1 aliphatic rings. The molecule has 1 aliphatic heterocycles. The summed E-state index contributed by atoms with van der Waals surface area (Å²) in [5.74, 6) is -0.542. The molecule has 0 amide bonds. The van der Waals surface area contributed by atoms with Crippen molar-refractivity contribution in [1.29, 1.82) is 0 Å². The van der Waals surface area contributed by atoms with Gasteiger partial charge in [-0.1, -0.05) is 0 Å². The number of fused-ring (bicyclic) bond motifs is 1. The first kappa shape index (κ1) is 12.3. The van der Waals surface area contributed by atoms with Crippen molar-refractivity contribution in [3.8, 4) is 0 Å². The van der Waals surface area contributed by atoms with Crippen molar-refractivity contribution < 1.29 is 12.8 Å². The van der Waals surface area contributed by atoms with Crippen molar-refractivity contribution in [3.05, 3.63) is 24.0 Å². The molecule has 0 aliphatic carbocycles. The summed E-state index contributed by atoms with van der Waals surface area (Å²) in [6.07, 6.45) is 0. The monoisotopic (exact) mass is 258 g/mol. The van der Waals surface area contributed by atoms with E-state index in [0.717, 1.165) is 6.07 Å². The average molecular weight is 258 g/mol. The molecule has 0 bridgehead atoms. The molecule has 0 fully saturated rings. The van der Waals surface area contributed by atoms with Crippen LogP contribution in [0.4, 0.5) is 10.1 Å². The zero-order chi connectivity index (χ0) is 12.6. The van der Waals surface area contributed by atoms with Gasteiger partial charge >= 0.3 is 0 Å². The minimum atomic E-state index is -3.61. The fourth-order valence-corrected chi connectivity index (χ4v) is 3.76. The van der Waals surface area contributed by atoms with Crippen molar-refractivity contribution in [1.82, 2.24) is 4.31 Å². The largest absolute Gasteiger partial charge is 0.383 e. The lowest BCUT2D eigenvalue weighted by atomic mass is 10.3. The van der Waals surface area contributed by atoms with Crippen molar-refractivity contribution in [2.75, 3.05) is 18.4 Å². The second kappa shape index (κ2) is 4.27. The Kier molecular flexibility index (Phi) is 3.09. The first-order valence-corrected chi connectivity index (χ1v) is 6.92. The summed E-state index contributed by atoms with van der Waals surface area (Å²) in [6, 6.07) is 3.65. The Balaban J connectivity index is 2.60. The quantitative estimate of drug-likeness (QED) is 0.833. The normalized spacial score (nSPS) is 19.5. The highest BCUT2D eigenvalue weighted by Gasteiger charge is 2.31. The summed E-state index contributed by atoms with van der Waals surface area (Å²) >= 11 is 0. The molecule has 4 nitrogen and oxygen atoms in total. The number of hydrogen-bond acceptors (Lipinski definition) is 3. The van der Waals surface area contributed by atoms with Crippen LogP contribution in [0, 0.1) is 5.82 Å². The van der Waals surface area contributed by atoms with E-state index in [-0.39, 0.29) is 10.9 Å². The van der Waals surface area contributed by atoms with Gasteiger partial charge < -0.3 is 5.32 Å². The zero-order valence-electron chi connectivity index (χ0n) is 9.77. The number of nitrogens with zero attached hydrogens (tertiary/aromatic N) is 1. The van der Waals surface area contributed by atoms with Crippen molar-refractivity contribution in [2.45, 2.75) is 24.8 Å². The van der Waals surface area contributed by atoms with Crippen LogP contribution in [0.2, 0.25) is 0 Å². The van der Waals surface area contributed by atoms with Crippen LogP contribution in [0.15, 0.2) is 23.1 Å². The first-order chi connectivity index (χ1) is 7.93. The molecule has 0 aromatic heterocycles. The van der Waals surface area contributed by atoms with Crippen LogP contribution in [-0.2, 0) is 10.0 Å². The Bertz CT molecular complexity index is 528. The van der Waals surface area contributed by atoms with E-state index in [4.69, 9.17) is 0 Å². The van der Waals surface area contributed by atoms with E-state index in [1.165, 1.54) is 16.4 Å². The van der Waals surface area contributed by atoms with Crippen LogP contribution in [0.3, 0.4) is 0 Å². The lowest BCUT2D eigenvalue weighted by Crippen LogP contribution is -2.38. The molecule has 1 heterocycles. The molecular formula is C11H15FN2O2S. The van der Waals surface area contributed by atoms with Crippen LogP contribution >= 0.6 is 0 Å². The Morgan fingerprint density at radius 2 is 2.12 bits per heavy atom. The number of rotatable bonds is 1. The smallest absolute Gasteiger partial charge is 0.245 e. The maximum atomic E-state index is 13.2. The van der Waals surface area contributed by atoms with Gasteiger partial charge in [-0.3, -0.25) is 0 Å². The highest BCUT2D eigenvalue weighted by Crippen LogP contribution is 2.28. The molecule has 17 heavy (non-hydrogen) atoms. The van der Waals surface area contributed by atoms with Gasteiger partial charge in [-0.15, -0.1) is 0 Å². The molecular weight excluding hydrogens is 243 g/mol. The van der Waals surface area contributed by atoms with E-state index in [1.807, 2.05) is 13.8 Å². The van der Waals surface area contributed by atoms with Gasteiger partial charge in [-0.2, -0.15) is 4.31 Å². The van der Waals surface area contributed by atoms with Gasteiger partial charge in [0.1, 0.15) is 10.7 Å². The fraction of sp³-hybridized carbons (Fsp3) is 0.455. The topological polar surface area (TPSA) is 49.4 Å². The molecule has 1 aromatic rings. The number of anilines is 1. The summed E-state index contributed by atoms with van der Waals surface area (Å²) in [5.41, 5.74) is 0.467. The molecule has 0 unspecified atom stereocenters. The predicted molar refractivity (Wildman–Crippen MR) is 63.9 cm³/mol. The number of benzene rings is 1. The van der Waals surface area contributed by atoms with Crippen molar-refractivity contribution in [3.63, 3.8) is 0 Å². The van der Waals surface area contributed by atoms with Crippen molar-refractivity contribution in [2.24, 2.45) is 0 Å². The van der Waals surface area contributed by atoms with E-state index < -0.39 is 15.8 Å². The van der Waals surface area contributed by atoms with Gasteiger partial charge in [0.2, 0.25) is 10.0 Å². The van der Waals surface area contributed by atoms with Crippen LogP contribution in [-0.4, -0.2) is 31.9 Å². The minimum Gasteiger partial charge on any atom is -0.383 e. The SMILES string of the molecule is CC(C)N1CCNc2ccc(F)cc2S1(=O)=O. The van der Waals surface area contributed by atoms with Crippen LogP contribution < -0.4 is 5.32 Å². The molecule has 1 N–H and O–H groups in total. The highest BCUT2D eigenvalue weighted by atomic mass is 32.2. The molecule has 0 radical (unpaired) electrons. The molecule has 0 atom stereocenters. The van der Waals surface area contributed by atoms with Crippen LogP contribution in [0.1, 0.15) is 13.8 Å². The molecule has 1 aromatic carbocycles. The second-order valence-corrected chi connectivity index (χ2v) is 6.14. The van der Waals surface area contributed by atoms with Gasteiger partial charge in [-0.25, -0.2) is 12.8 Å². The molecule has 6 heteroatoms. The third-order valence-corrected chi connectivity index (χ3v) is 4.87. The van der Waals surface area contributed by atoms with E-state index >= 15 is 0 Å². The van der Waals surface area contributed by atoms with Gasteiger partial charge in [0.25, 0.3) is 0 Å². The van der Waals surface area contributed by atoms with Gasteiger partial charge in [0, 0.05) is 19.1 Å². The molecule has 0 spiro atoms. The minimum absolute atomic E-state index is 0.0173. The standard InChI is InChI=1S/C11H15FN2O2S/c1-8(2)14-6-5-13-10-4-3-9(12)7-11(10)17(14,15)16/h3-4,7-8,13H,5-6H2,1-2H3. The molecule has 0 saturated heterocycles. The summed E-state index contributed by atoms with van der Waals surface area (Å²) < 4.78 is 39.2.